The number of rotatable bonds is 0. The largest absolute Gasteiger partial charge is 0.493 e. The van der Waals surface area contributed by atoms with E-state index in [1.165, 1.54) is 16.9 Å². The third-order valence-corrected chi connectivity index (χ3v) is 2.83. The normalized spacial score (nSPS) is 22.8. The molecule has 0 spiro atoms. The molecule has 2 aliphatic heterocycles. The number of hydrogen-bond acceptors (Lipinski definition) is 3. The highest BCUT2D eigenvalue weighted by molar-refractivity contribution is 5.80. The van der Waals surface area contributed by atoms with E-state index in [1.54, 1.807) is 0 Å². The van der Waals surface area contributed by atoms with E-state index in [0.29, 0.717) is 6.17 Å². The summed E-state index contributed by atoms with van der Waals surface area (Å²) in [5.41, 5.74) is 3.79. The van der Waals surface area contributed by atoms with Gasteiger partial charge in [-0.25, -0.2) is 0 Å². The van der Waals surface area contributed by atoms with Crippen LogP contribution in [0.5, 0.6) is 5.75 Å². The molecule has 74 valence electrons. The predicted octanol–water partition coefficient (Wildman–Crippen LogP) is 2.19. The van der Waals surface area contributed by atoms with Crippen LogP contribution in [0.3, 0.4) is 0 Å². The highest BCUT2D eigenvalue weighted by atomic mass is 16.5. The fourth-order valence-electron chi connectivity index (χ4n) is 2.21. The van der Waals surface area contributed by atoms with Gasteiger partial charge in [-0.2, -0.15) is 0 Å². The molecule has 2 aliphatic rings. The first-order valence-electron chi connectivity index (χ1n) is 5.16. The van der Waals surface area contributed by atoms with Crippen molar-refractivity contribution in [3.8, 4) is 5.75 Å². The summed E-state index contributed by atoms with van der Waals surface area (Å²) in [4.78, 5) is 0. The van der Waals surface area contributed by atoms with Crippen molar-refractivity contribution in [1.82, 2.24) is 0 Å². The summed E-state index contributed by atoms with van der Waals surface area (Å²) in [6, 6.07) is 4.16. The van der Waals surface area contributed by atoms with E-state index in [-0.39, 0.29) is 0 Å². The van der Waals surface area contributed by atoms with Crippen molar-refractivity contribution in [2.45, 2.75) is 25.9 Å². The van der Waals surface area contributed by atoms with Crippen molar-refractivity contribution in [1.29, 1.82) is 0 Å². The van der Waals surface area contributed by atoms with Crippen molar-refractivity contribution in [3.63, 3.8) is 0 Å². The zero-order valence-corrected chi connectivity index (χ0v) is 8.26. The molecule has 0 bridgehead atoms. The average Bonchev–Trinajstić information content (AvgIpc) is 2.59. The lowest BCUT2D eigenvalue weighted by Gasteiger charge is -2.19. The van der Waals surface area contributed by atoms with E-state index < -0.39 is 0 Å². The topological polar surface area (TPSA) is 33.3 Å². The van der Waals surface area contributed by atoms with E-state index in [9.17, 15) is 0 Å². The van der Waals surface area contributed by atoms with Gasteiger partial charge in [0.25, 0.3) is 0 Å². The Kier molecular flexibility index (Phi) is 1.60. The minimum atomic E-state index is 0.332. The van der Waals surface area contributed by atoms with Crippen LogP contribution in [0.2, 0.25) is 0 Å². The molecule has 1 unspecified atom stereocenters. The molecule has 0 fully saturated rings. The van der Waals surface area contributed by atoms with Gasteiger partial charge < -0.3 is 15.4 Å². The van der Waals surface area contributed by atoms with Crippen LogP contribution in [0.1, 0.15) is 18.9 Å². The van der Waals surface area contributed by atoms with Gasteiger partial charge in [0.05, 0.1) is 24.1 Å². The van der Waals surface area contributed by atoms with Gasteiger partial charge in [0.1, 0.15) is 5.75 Å². The standard InChI is InChI=1S/C11H14N2O/c1-7-12-9-4-5-10-8(11(9)13-7)3-2-6-14-10/h4-5,7,12-13H,2-3,6H2,1H3. The Bertz CT molecular complexity index is 376. The summed E-state index contributed by atoms with van der Waals surface area (Å²) in [6.45, 7) is 2.98. The fraction of sp³-hybridized carbons (Fsp3) is 0.455. The molecule has 2 heterocycles. The minimum absolute atomic E-state index is 0.332. The summed E-state index contributed by atoms with van der Waals surface area (Å²) < 4.78 is 5.62. The van der Waals surface area contributed by atoms with E-state index >= 15 is 0 Å². The zero-order chi connectivity index (χ0) is 9.54. The summed E-state index contributed by atoms with van der Waals surface area (Å²) in [5, 5.41) is 6.82. The maximum atomic E-state index is 5.62. The third kappa shape index (κ3) is 1.05. The Morgan fingerprint density at radius 2 is 2.29 bits per heavy atom. The van der Waals surface area contributed by atoms with Gasteiger partial charge in [0, 0.05) is 5.56 Å². The second-order valence-electron chi connectivity index (χ2n) is 3.93. The molecule has 3 nitrogen and oxygen atoms in total. The van der Waals surface area contributed by atoms with E-state index in [4.69, 9.17) is 4.74 Å². The Hall–Kier alpha value is -1.38. The van der Waals surface area contributed by atoms with Gasteiger partial charge in [0.15, 0.2) is 0 Å². The van der Waals surface area contributed by atoms with Crippen LogP contribution >= 0.6 is 0 Å². The monoisotopic (exact) mass is 190 g/mol. The number of hydrogen-bond donors (Lipinski definition) is 2. The molecule has 0 radical (unpaired) electrons. The minimum Gasteiger partial charge on any atom is -0.493 e. The maximum Gasteiger partial charge on any atom is 0.124 e. The van der Waals surface area contributed by atoms with Crippen LogP contribution in [0.4, 0.5) is 11.4 Å². The molecule has 0 aromatic heterocycles. The summed E-state index contributed by atoms with van der Waals surface area (Å²) >= 11 is 0. The van der Waals surface area contributed by atoms with Gasteiger partial charge in [-0.15, -0.1) is 0 Å². The van der Waals surface area contributed by atoms with Gasteiger partial charge in [-0.3, -0.25) is 0 Å². The Morgan fingerprint density at radius 1 is 1.36 bits per heavy atom. The molecule has 0 amide bonds. The van der Waals surface area contributed by atoms with Gasteiger partial charge in [-0.1, -0.05) is 0 Å². The number of nitrogens with one attached hydrogen (secondary N) is 2. The summed E-state index contributed by atoms with van der Waals surface area (Å²) in [5.74, 6) is 1.05. The molecule has 0 aliphatic carbocycles. The molecule has 2 N–H and O–H groups in total. The molecule has 1 aromatic rings. The van der Waals surface area contributed by atoms with Crippen LogP contribution < -0.4 is 15.4 Å². The van der Waals surface area contributed by atoms with Crippen molar-refractivity contribution in [3.05, 3.63) is 17.7 Å². The fourth-order valence-corrected chi connectivity index (χ4v) is 2.21. The average molecular weight is 190 g/mol. The van der Waals surface area contributed by atoms with Crippen LogP contribution in [-0.2, 0) is 6.42 Å². The van der Waals surface area contributed by atoms with Crippen molar-refractivity contribution < 1.29 is 4.74 Å². The lowest BCUT2D eigenvalue weighted by molar-refractivity contribution is 0.289. The Labute approximate surface area is 83.5 Å². The Balaban J connectivity index is 2.11. The quantitative estimate of drug-likeness (QED) is 0.658. The highest BCUT2D eigenvalue weighted by Crippen LogP contribution is 2.40. The lowest BCUT2D eigenvalue weighted by atomic mass is 10.0. The van der Waals surface area contributed by atoms with Crippen molar-refractivity contribution in [2.75, 3.05) is 17.2 Å². The molecule has 14 heavy (non-hydrogen) atoms. The molecular weight excluding hydrogens is 176 g/mol. The maximum absolute atomic E-state index is 5.62. The first kappa shape index (κ1) is 7.97. The third-order valence-electron chi connectivity index (χ3n) is 2.83. The number of fused-ring (bicyclic) bond motifs is 3. The second-order valence-corrected chi connectivity index (χ2v) is 3.93. The van der Waals surface area contributed by atoms with Crippen molar-refractivity contribution in [2.24, 2.45) is 0 Å². The molecule has 3 rings (SSSR count). The molecule has 1 atom stereocenters. The SMILES string of the molecule is CC1Nc2ccc3c(c2N1)CCCO3. The van der Waals surface area contributed by atoms with E-state index in [0.717, 1.165) is 25.2 Å². The number of anilines is 2. The van der Waals surface area contributed by atoms with Crippen LogP contribution in [0.15, 0.2) is 12.1 Å². The van der Waals surface area contributed by atoms with E-state index in [1.807, 2.05) is 0 Å². The van der Waals surface area contributed by atoms with Crippen LogP contribution in [0.25, 0.3) is 0 Å². The van der Waals surface area contributed by atoms with Crippen molar-refractivity contribution >= 4 is 11.4 Å². The van der Waals surface area contributed by atoms with Gasteiger partial charge in [-0.05, 0) is 31.9 Å². The first-order chi connectivity index (χ1) is 6.84. The molecule has 1 aromatic carbocycles. The van der Waals surface area contributed by atoms with E-state index in [2.05, 4.69) is 29.7 Å². The lowest BCUT2D eigenvalue weighted by Crippen LogP contribution is -2.17. The second kappa shape index (κ2) is 2.80. The predicted molar refractivity (Wildman–Crippen MR) is 57.0 cm³/mol. The van der Waals surface area contributed by atoms with Gasteiger partial charge >= 0.3 is 0 Å². The van der Waals surface area contributed by atoms with Crippen LogP contribution in [-0.4, -0.2) is 12.8 Å². The van der Waals surface area contributed by atoms with Crippen LogP contribution in [0, 0.1) is 0 Å². The summed E-state index contributed by atoms with van der Waals surface area (Å²) in [6.07, 6.45) is 2.58. The molecule has 0 saturated carbocycles. The zero-order valence-electron chi connectivity index (χ0n) is 8.26. The summed E-state index contributed by atoms with van der Waals surface area (Å²) in [7, 11) is 0. The molecule has 0 saturated heterocycles. The Morgan fingerprint density at radius 3 is 3.21 bits per heavy atom. The highest BCUT2D eigenvalue weighted by Gasteiger charge is 2.23. The molecule has 3 heteroatoms. The smallest absolute Gasteiger partial charge is 0.124 e. The number of benzene rings is 1. The first-order valence-corrected chi connectivity index (χ1v) is 5.16. The number of ether oxygens (including phenoxy) is 1. The molecular formula is C11H14N2O. The van der Waals surface area contributed by atoms with Gasteiger partial charge in [0.2, 0.25) is 0 Å².